The SMILES string of the molecule is CCCCCCCCCCCCCCCCCC(=O)OC[C@@H](COC(=O)CCCCCCCCCCCCCCCCCCCCC(C)CC)OC(=O)CCCCCCCCCCCCC(C)CC. The van der Waals surface area contributed by atoms with Gasteiger partial charge in [-0.05, 0) is 31.1 Å². The third-order valence-corrected chi connectivity index (χ3v) is 15.2. The highest BCUT2D eigenvalue weighted by Gasteiger charge is 2.19. The zero-order chi connectivity index (χ0) is 50.4. The van der Waals surface area contributed by atoms with Gasteiger partial charge in [0.1, 0.15) is 13.2 Å². The van der Waals surface area contributed by atoms with E-state index in [1.54, 1.807) is 0 Å². The zero-order valence-corrected chi connectivity index (χ0v) is 47.5. The third-order valence-electron chi connectivity index (χ3n) is 15.2. The van der Waals surface area contributed by atoms with Crippen LogP contribution in [0, 0.1) is 11.8 Å². The van der Waals surface area contributed by atoms with Crippen molar-refractivity contribution in [3.8, 4) is 0 Å². The standard InChI is InChI=1S/C63H122O6/c1-6-9-10-11-12-13-14-15-20-24-27-33-38-43-48-53-61(64)67-56-60(69-63(66)55-50-45-40-35-30-29-32-37-42-47-52-59(5)8-3)57-68-62(65)54-49-44-39-34-28-25-22-19-17-16-18-21-23-26-31-36-41-46-51-58(4)7-2/h58-60H,6-57H2,1-5H3/t58?,59?,60-/m0/s1. The summed E-state index contributed by atoms with van der Waals surface area (Å²) >= 11 is 0. The summed E-state index contributed by atoms with van der Waals surface area (Å²) in [5, 5.41) is 0. The molecule has 410 valence electrons. The van der Waals surface area contributed by atoms with Crippen LogP contribution in [-0.2, 0) is 28.6 Å². The lowest BCUT2D eigenvalue weighted by atomic mass is 9.99. The predicted molar refractivity (Wildman–Crippen MR) is 298 cm³/mol. The summed E-state index contributed by atoms with van der Waals surface area (Å²) in [5.74, 6) is 0.943. The largest absolute Gasteiger partial charge is 0.462 e. The maximum atomic E-state index is 12.9. The molecule has 2 unspecified atom stereocenters. The Morgan fingerprint density at radius 1 is 0.290 bits per heavy atom. The number of hydrogen-bond donors (Lipinski definition) is 0. The Hall–Kier alpha value is -1.59. The summed E-state index contributed by atoms with van der Waals surface area (Å²) in [5.41, 5.74) is 0. The molecule has 0 aliphatic carbocycles. The van der Waals surface area contributed by atoms with E-state index in [-0.39, 0.29) is 31.1 Å². The molecule has 0 N–H and O–H groups in total. The van der Waals surface area contributed by atoms with Crippen molar-refractivity contribution >= 4 is 17.9 Å². The molecule has 0 fully saturated rings. The van der Waals surface area contributed by atoms with E-state index in [0.717, 1.165) is 69.6 Å². The van der Waals surface area contributed by atoms with Gasteiger partial charge in [0.2, 0.25) is 0 Å². The number of carbonyl (C=O) groups is 3. The normalized spacial score (nSPS) is 12.8. The molecule has 69 heavy (non-hydrogen) atoms. The monoisotopic (exact) mass is 975 g/mol. The first kappa shape index (κ1) is 67.4. The molecule has 0 spiro atoms. The molecule has 6 nitrogen and oxygen atoms in total. The van der Waals surface area contributed by atoms with Gasteiger partial charge in [-0.1, -0.05) is 317 Å². The maximum absolute atomic E-state index is 12.9. The molecule has 3 atom stereocenters. The first-order valence-electron chi connectivity index (χ1n) is 31.3. The fraction of sp³-hybridized carbons (Fsp3) is 0.952. The number of esters is 3. The maximum Gasteiger partial charge on any atom is 0.306 e. The Kier molecular flexibility index (Phi) is 54.4. The van der Waals surface area contributed by atoms with Gasteiger partial charge in [0.15, 0.2) is 6.10 Å². The molecule has 0 heterocycles. The number of carbonyl (C=O) groups excluding carboxylic acids is 3. The summed E-state index contributed by atoms with van der Waals surface area (Å²) in [7, 11) is 0. The van der Waals surface area contributed by atoms with Gasteiger partial charge in [-0.2, -0.15) is 0 Å². The molecule has 0 bridgehead atoms. The molecule has 0 saturated heterocycles. The van der Waals surface area contributed by atoms with Gasteiger partial charge in [-0.3, -0.25) is 14.4 Å². The van der Waals surface area contributed by atoms with Gasteiger partial charge in [-0.25, -0.2) is 0 Å². The number of rotatable bonds is 57. The van der Waals surface area contributed by atoms with Crippen molar-refractivity contribution < 1.29 is 28.6 Å². The van der Waals surface area contributed by atoms with E-state index < -0.39 is 6.10 Å². The second-order valence-electron chi connectivity index (χ2n) is 22.2. The highest BCUT2D eigenvalue weighted by atomic mass is 16.6. The quantitative estimate of drug-likeness (QED) is 0.0343. The van der Waals surface area contributed by atoms with Gasteiger partial charge in [0.25, 0.3) is 0 Å². The Labute approximate surface area is 431 Å². The van der Waals surface area contributed by atoms with Crippen molar-refractivity contribution in [2.45, 2.75) is 362 Å². The van der Waals surface area contributed by atoms with Crippen LogP contribution in [0.3, 0.4) is 0 Å². The molecular formula is C63H122O6. The number of ether oxygens (including phenoxy) is 3. The summed E-state index contributed by atoms with van der Waals surface area (Å²) in [6, 6.07) is 0. The van der Waals surface area contributed by atoms with Crippen molar-refractivity contribution in [3.63, 3.8) is 0 Å². The minimum atomic E-state index is -0.763. The van der Waals surface area contributed by atoms with Crippen LogP contribution in [0.5, 0.6) is 0 Å². The van der Waals surface area contributed by atoms with E-state index in [0.29, 0.717) is 19.3 Å². The van der Waals surface area contributed by atoms with Crippen LogP contribution < -0.4 is 0 Å². The van der Waals surface area contributed by atoms with E-state index in [9.17, 15) is 14.4 Å². The molecule has 0 aromatic heterocycles. The number of unbranched alkanes of at least 4 members (excludes halogenated alkanes) is 40. The van der Waals surface area contributed by atoms with Crippen molar-refractivity contribution in [2.75, 3.05) is 13.2 Å². The topological polar surface area (TPSA) is 78.9 Å². The first-order valence-corrected chi connectivity index (χ1v) is 31.3. The third kappa shape index (κ3) is 54.0. The minimum Gasteiger partial charge on any atom is -0.462 e. The van der Waals surface area contributed by atoms with Crippen LogP contribution >= 0.6 is 0 Å². The second-order valence-corrected chi connectivity index (χ2v) is 22.2. The van der Waals surface area contributed by atoms with E-state index in [2.05, 4.69) is 34.6 Å². The van der Waals surface area contributed by atoms with Crippen LogP contribution in [0.25, 0.3) is 0 Å². The Morgan fingerprint density at radius 3 is 0.754 bits per heavy atom. The predicted octanol–water partition coefficient (Wildman–Crippen LogP) is 20.8. The van der Waals surface area contributed by atoms with Gasteiger partial charge in [0, 0.05) is 19.3 Å². The second kappa shape index (κ2) is 55.7. The molecule has 0 aromatic carbocycles. The Balaban J connectivity index is 4.24. The molecular weight excluding hydrogens is 853 g/mol. The molecule has 0 saturated carbocycles. The lowest BCUT2D eigenvalue weighted by Crippen LogP contribution is -2.30. The lowest BCUT2D eigenvalue weighted by molar-refractivity contribution is -0.167. The van der Waals surface area contributed by atoms with Gasteiger partial charge in [0.05, 0.1) is 0 Å². The zero-order valence-electron chi connectivity index (χ0n) is 47.5. The van der Waals surface area contributed by atoms with Gasteiger partial charge < -0.3 is 14.2 Å². The minimum absolute atomic E-state index is 0.0623. The molecule has 0 aliphatic rings. The van der Waals surface area contributed by atoms with Crippen LogP contribution in [0.2, 0.25) is 0 Å². The summed E-state index contributed by atoms with van der Waals surface area (Å²) in [4.78, 5) is 38.2. The van der Waals surface area contributed by atoms with E-state index in [1.165, 1.54) is 244 Å². The summed E-state index contributed by atoms with van der Waals surface area (Å²) < 4.78 is 16.9. The fourth-order valence-electron chi connectivity index (χ4n) is 9.69. The highest BCUT2D eigenvalue weighted by molar-refractivity contribution is 5.71. The van der Waals surface area contributed by atoms with Crippen molar-refractivity contribution in [2.24, 2.45) is 11.8 Å². The lowest BCUT2D eigenvalue weighted by Gasteiger charge is -2.18. The molecule has 0 aromatic rings. The average molecular weight is 976 g/mol. The van der Waals surface area contributed by atoms with Crippen LogP contribution in [0.4, 0.5) is 0 Å². The first-order chi connectivity index (χ1) is 33.8. The molecule has 0 radical (unpaired) electrons. The van der Waals surface area contributed by atoms with Crippen molar-refractivity contribution in [1.29, 1.82) is 0 Å². The Morgan fingerprint density at radius 2 is 0.507 bits per heavy atom. The van der Waals surface area contributed by atoms with Crippen LogP contribution in [0.15, 0.2) is 0 Å². The average Bonchev–Trinajstić information content (AvgIpc) is 3.35. The van der Waals surface area contributed by atoms with E-state index >= 15 is 0 Å². The fourth-order valence-corrected chi connectivity index (χ4v) is 9.69. The summed E-state index contributed by atoms with van der Waals surface area (Å²) in [6.45, 7) is 11.5. The van der Waals surface area contributed by atoms with Crippen molar-refractivity contribution in [3.05, 3.63) is 0 Å². The molecule has 0 amide bonds. The molecule has 0 aliphatic heterocycles. The van der Waals surface area contributed by atoms with Gasteiger partial charge >= 0.3 is 17.9 Å². The van der Waals surface area contributed by atoms with Crippen molar-refractivity contribution in [1.82, 2.24) is 0 Å². The van der Waals surface area contributed by atoms with E-state index in [4.69, 9.17) is 14.2 Å². The Bertz CT molecular complexity index is 1060. The smallest absolute Gasteiger partial charge is 0.306 e. The van der Waals surface area contributed by atoms with Crippen LogP contribution in [0.1, 0.15) is 356 Å². The van der Waals surface area contributed by atoms with Gasteiger partial charge in [-0.15, -0.1) is 0 Å². The molecule has 0 rings (SSSR count). The molecule has 6 heteroatoms. The highest BCUT2D eigenvalue weighted by Crippen LogP contribution is 2.19. The van der Waals surface area contributed by atoms with Crippen LogP contribution in [-0.4, -0.2) is 37.2 Å². The summed E-state index contributed by atoms with van der Waals surface area (Å²) in [6.07, 6.45) is 60.9. The van der Waals surface area contributed by atoms with E-state index in [1.807, 2.05) is 0 Å². The number of hydrogen-bond acceptors (Lipinski definition) is 6.